The number of nitrogen functional groups attached to an aromatic ring is 1. The van der Waals surface area contributed by atoms with E-state index < -0.39 is 42.5 Å². The molecule has 0 aliphatic carbocycles. The predicted molar refractivity (Wildman–Crippen MR) is 71.0 cm³/mol. The van der Waals surface area contributed by atoms with Gasteiger partial charge in [-0.3, -0.25) is 4.57 Å². The van der Waals surface area contributed by atoms with Crippen molar-refractivity contribution in [2.45, 2.75) is 37.1 Å². The number of ether oxygens (including phenoxy) is 1. The largest absolute Gasteiger partial charge is 0.391 e. The molecule has 2 rings (SSSR count). The van der Waals surface area contributed by atoms with Gasteiger partial charge in [0.2, 0.25) is 5.95 Å². The summed E-state index contributed by atoms with van der Waals surface area (Å²) in [7, 11) is 0. The third-order valence-corrected chi connectivity index (χ3v) is 3.25. The number of hydrogen-bond donors (Lipinski definition) is 4. The first kappa shape index (κ1) is 16.3. The summed E-state index contributed by atoms with van der Waals surface area (Å²) in [4.78, 5) is 18.8. The lowest BCUT2D eigenvalue weighted by atomic mass is 9.93. The molecule has 1 unspecified atom stereocenters. The molecular weight excluding hydrogens is 299 g/mol. The molecule has 0 aromatic carbocycles. The van der Waals surface area contributed by atoms with Gasteiger partial charge in [0.15, 0.2) is 11.8 Å². The summed E-state index contributed by atoms with van der Waals surface area (Å²) in [5.74, 6) is 3.83. The predicted octanol–water partition coefficient (Wildman–Crippen LogP) is -2.44. The molecule has 1 aromatic rings. The van der Waals surface area contributed by atoms with Gasteiger partial charge < -0.3 is 25.8 Å². The fourth-order valence-electron chi connectivity index (χ4n) is 2.21. The first-order valence-electron chi connectivity index (χ1n) is 6.32. The van der Waals surface area contributed by atoms with Gasteiger partial charge in [-0.05, 0) is 6.92 Å². The van der Waals surface area contributed by atoms with Crippen molar-refractivity contribution in [3.63, 3.8) is 0 Å². The maximum Gasteiger partial charge on any atom is 0.354 e. The summed E-state index contributed by atoms with van der Waals surface area (Å²) in [6, 6.07) is 0. The number of aliphatic hydroxyl groups is 3. The Kier molecular flexibility index (Phi) is 4.43. The Hall–Kier alpha value is -2.06. The Morgan fingerprint density at radius 2 is 2.36 bits per heavy atom. The van der Waals surface area contributed by atoms with Crippen LogP contribution in [0.3, 0.4) is 0 Å². The van der Waals surface area contributed by atoms with Crippen LogP contribution < -0.4 is 11.4 Å². The minimum atomic E-state index is -2.32. The van der Waals surface area contributed by atoms with E-state index in [1.54, 1.807) is 0 Å². The number of halogens is 1. The average Bonchev–Trinajstić information content (AvgIpc) is 2.70. The van der Waals surface area contributed by atoms with Gasteiger partial charge in [0.25, 0.3) is 0 Å². The van der Waals surface area contributed by atoms with E-state index in [1.165, 1.54) is 6.92 Å². The zero-order valence-electron chi connectivity index (χ0n) is 11.5. The molecule has 1 saturated heterocycles. The van der Waals surface area contributed by atoms with Crippen molar-refractivity contribution in [1.82, 2.24) is 14.5 Å². The van der Waals surface area contributed by atoms with E-state index in [2.05, 4.69) is 15.9 Å². The number of hydrogen-bond acceptors (Lipinski definition) is 8. The zero-order chi connectivity index (χ0) is 16.5. The molecule has 0 radical (unpaired) electrons. The van der Waals surface area contributed by atoms with E-state index in [0.29, 0.717) is 0 Å². The number of nitrogens with two attached hydrogens (primary N) is 1. The Balaban J connectivity index is 2.53. The van der Waals surface area contributed by atoms with Crippen LogP contribution in [0.1, 0.15) is 13.2 Å². The lowest BCUT2D eigenvalue weighted by Crippen LogP contribution is -2.48. The average molecular weight is 314 g/mol. The molecule has 5 atom stereocenters. The van der Waals surface area contributed by atoms with Crippen LogP contribution in [0.15, 0.2) is 11.1 Å². The Labute approximate surface area is 124 Å². The SMILES string of the molecule is C[C@@H](O)[C@H]1O[C@@H](n2cnc(N)nc2=O)C(O)(C#CCF)[C@H]1O. The Morgan fingerprint density at radius 3 is 2.91 bits per heavy atom. The van der Waals surface area contributed by atoms with Crippen LogP contribution in [0.5, 0.6) is 0 Å². The maximum atomic E-state index is 12.3. The summed E-state index contributed by atoms with van der Waals surface area (Å²) in [6.45, 7) is 0.246. The standard InChI is InChI=1S/C12H15FN4O5/c1-6(18)7-8(19)12(21,3-2-4-13)9(22-7)17-5-15-10(14)16-11(17)20/h5-9,18-19,21H,4H2,1H3,(H2,14,16,20)/t6-,7-,8+,9-,12?/m1/s1. The molecule has 10 heteroatoms. The summed E-state index contributed by atoms with van der Waals surface area (Å²) in [6.07, 6.45) is -4.68. The quantitative estimate of drug-likeness (QED) is 0.441. The van der Waals surface area contributed by atoms with Crippen molar-refractivity contribution in [2.24, 2.45) is 0 Å². The van der Waals surface area contributed by atoms with Gasteiger partial charge >= 0.3 is 5.69 Å². The minimum absolute atomic E-state index is 0.287. The topological polar surface area (TPSA) is 144 Å². The molecule has 9 nitrogen and oxygen atoms in total. The number of aromatic nitrogens is 3. The van der Waals surface area contributed by atoms with Crippen molar-refractivity contribution in [1.29, 1.82) is 0 Å². The zero-order valence-corrected chi connectivity index (χ0v) is 11.5. The second-order valence-corrected chi connectivity index (χ2v) is 4.80. The molecule has 1 aliphatic rings. The minimum Gasteiger partial charge on any atom is -0.391 e. The van der Waals surface area contributed by atoms with Crippen molar-refractivity contribution in [3.05, 3.63) is 16.8 Å². The highest BCUT2D eigenvalue weighted by Gasteiger charge is 2.57. The van der Waals surface area contributed by atoms with Crippen LogP contribution in [-0.2, 0) is 4.74 Å². The highest BCUT2D eigenvalue weighted by molar-refractivity contribution is 5.23. The smallest absolute Gasteiger partial charge is 0.354 e. The molecule has 120 valence electrons. The third-order valence-electron chi connectivity index (χ3n) is 3.25. The van der Waals surface area contributed by atoms with Crippen molar-refractivity contribution in [2.75, 3.05) is 12.4 Å². The van der Waals surface area contributed by atoms with Crippen LogP contribution >= 0.6 is 0 Å². The van der Waals surface area contributed by atoms with Crippen molar-refractivity contribution in [3.8, 4) is 11.8 Å². The molecule has 0 saturated carbocycles. The molecule has 2 heterocycles. The molecule has 0 amide bonds. The van der Waals surface area contributed by atoms with E-state index in [4.69, 9.17) is 10.5 Å². The van der Waals surface area contributed by atoms with Gasteiger partial charge in [0.1, 0.15) is 25.2 Å². The Morgan fingerprint density at radius 1 is 1.68 bits per heavy atom. The summed E-state index contributed by atoms with van der Waals surface area (Å²) in [5, 5.41) is 30.3. The number of alkyl halides is 1. The van der Waals surface area contributed by atoms with Crippen molar-refractivity contribution >= 4 is 5.95 Å². The molecule has 5 N–H and O–H groups in total. The van der Waals surface area contributed by atoms with Gasteiger partial charge in [0.05, 0.1) is 6.10 Å². The van der Waals surface area contributed by atoms with Gasteiger partial charge in [-0.1, -0.05) is 11.8 Å². The second kappa shape index (κ2) is 5.98. The summed E-state index contributed by atoms with van der Waals surface area (Å²) in [5.41, 5.74) is 2.04. The molecule has 1 aliphatic heterocycles. The number of anilines is 1. The first-order valence-corrected chi connectivity index (χ1v) is 6.32. The van der Waals surface area contributed by atoms with E-state index in [0.717, 1.165) is 10.9 Å². The lowest BCUT2D eigenvalue weighted by molar-refractivity contribution is -0.0888. The molecule has 0 spiro atoms. The van der Waals surface area contributed by atoms with Crippen molar-refractivity contribution < 1.29 is 24.4 Å². The Bertz CT molecular complexity index is 669. The second-order valence-electron chi connectivity index (χ2n) is 4.80. The van der Waals surface area contributed by atoms with E-state index in [9.17, 15) is 24.5 Å². The number of nitrogens with zero attached hydrogens (tertiary/aromatic N) is 3. The normalized spacial score (nSPS) is 32.3. The highest BCUT2D eigenvalue weighted by atomic mass is 19.1. The monoisotopic (exact) mass is 314 g/mol. The molecule has 22 heavy (non-hydrogen) atoms. The van der Waals surface area contributed by atoms with Crippen LogP contribution in [-0.4, -0.2) is 60.4 Å². The van der Waals surface area contributed by atoms with E-state index in [-0.39, 0.29) is 5.95 Å². The van der Waals surface area contributed by atoms with Crippen LogP contribution in [0.4, 0.5) is 10.3 Å². The number of rotatable bonds is 2. The summed E-state index contributed by atoms with van der Waals surface area (Å²) < 4.78 is 18.4. The first-order chi connectivity index (χ1) is 10.3. The molecule has 1 aromatic heterocycles. The van der Waals surface area contributed by atoms with Crippen LogP contribution in [0, 0.1) is 11.8 Å². The number of aliphatic hydroxyl groups excluding tert-OH is 2. The molecule has 0 bridgehead atoms. The van der Waals surface area contributed by atoms with Gasteiger partial charge in [-0.15, -0.1) is 0 Å². The van der Waals surface area contributed by atoms with Crippen LogP contribution in [0.2, 0.25) is 0 Å². The van der Waals surface area contributed by atoms with Gasteiger partial charge in [0, 0.05) is 0 Å². The fourth-order valence-corrected chi connectivity index (χ4v) is 2.21. The van der Waals surface area contributed by atoms with Gasteiger partial charge in [-0.2, -0.15) is 4.98 Å². The van der Waals surface area contributed by atoms with Gasteiger partial charge in [-0.25, -0.2) is 14.2 Å². The van der Waals surface area contributed by atoms with E-state index >= 15 is 0 Å². The highest BCUT2D eigenvalue weighted by Crippen LogP contribution is 2.38. The van der Waals surface area contributed by atoms with E-state index in [1.807, 2.05) is 5.92 Å². The molecule has 1 fully saturated rings. The maximum absolute atomic E-state index is 12.3. The summed E-state index contributed by atoms with van der Waals surface area (Å²) >= 11 is 0. The molecular formula is C12H15FN4O5. The third kappa shape index (κ3) is 2.67. The van der Waals surface area contributed by atoms with Crippen LogP contribution in [0.25, 0.3) is 0 Å². The lowest BCUT2D eigenvalue weighted by Gasteiger charge is -2.26. The fraction of sp³-hybridized carbons (Fsp3) is 0.583.